The van der Waals surface area contributed by atoms with Gasteiger partial charge in [-0.2, -0.15) is 0 Å². The van der Waals surface area contributed by atoms with Gasteiger partial charge in [0.15, 0.2) is 15.8 Å². The molecule has 0 saturated carbocycles. The van der Waals surface area contributed by atoms with Crippen LogP contribution in [0.5, 0.6) is 5.75 Å². The Kier molecular flexibility index (Phi) is 9.06. The van der Waals surface area contributed by atoms with Crippen LogP contribution in [0.3, 0.4) is 0 Å². The Morgan fingerprint density at radius 2 is 1.58 bits per heavy atom. The number of phosphoric ester groups is 1. The summed E-state index contributed by atoms with van der Waals surface area (Å²) in [6, 6.07) is 5.98. The van der Waals surface area contributed by atoms with Gasteiger partial charge in [0, 0.05) is 5.56 Å². The molecule has 1 aromatic rings. The summed E-state index contributed by atoms with van der Waals surface area (Å²) in [5.41, 5.74) is 0.442. The van der Waals surface area contributed by atoms with Crippen molar-refractivity contribution in [3.8, 4) is 5.75 Å². The highest BCUT2D eigenvalue weighted by Gasteiger charge is 2.38. The summed E-state index contributed by atoms with van der Waals surface area (Å²) < 4.78 is 48.2. The number of benzene rings is 1. The Morgan fingerprint density at radius 3 is 2.00 bits per heavy atom. The van der Waals surface area contributed by atoms with Crippen molar-refractivity contribution in [2.24, 2.45) is 5.41 Å². The van der Waals surface area contributed by atoms with Crippen molar-refractivity contribution in [2.75, 3.05) is 13.4 Å². The van der Waals surface area contributed by atoms with Gasteiger partial charge in [-0.05, 0) is 77.7 Å². The fraction of sp³-hybridized carbons (Fsp3) is 0.750. The third-order valence-corrected chi connectivity index (χ3v) is 7.19. The molecular weight excluding hydrogens is 459 g/mol. The zero-order valence-corrected chi connectivity index (χ0v) is 24.2. The van der Waals surface area contributed by atoms with Crippen molar-refractivity contribution in [3.05, 3.63) is 29.3 Å². The second-order valence-corrected chi connectivity index (χ2v) is 15.7. The van der Waals surface area contributed by atoms with E-state index in [1.807, 2.05) is 12.1 Å². The van der Waals surface area contributed by atoms with Crippen LogP contribution in [0.15, 0.2) is 18.2 Å². The summed E-state index contributed by atoms with van der Waals surface area (Å²) >= 11 is 0. The quantitative estimate of drug-likeness (QED) is 0.148. The van der Waals surface area contributed by atoms with Crippen molar-refractivity contribution >= 4 is 16.9 Å². The molecule has 0 N–H and O–H groups in total. The Labute approximate surface area is 201 Å². The van der Waals surface area contributed by atoms with Crippen molar-refractivity contribution in [1.29, 1.82) is 0 Å². The largest absolute Gasteiger partial charge is 0.478 e. The average molecular weight is 503 g/mol. The number of ether oxygens (including phenoxy) is 2. The summed E-state index contributed by atoms with van der Waals surface area (Å²) in [6.45, 7) is 22.0. The molecule has 1 aliphatic heterocycles. The molecular formula is C24H43O7PSi. The standard InChI is InChI=1S/C24H43O7PSi/c1-22(2,3)21(29-33(10)11)18-14-17(20-15-26-20)12-13-19(18)27-16-28-32(25,30-23(4,5)6)31-24(7,8)9/h12-14,20-21,33H,15-16H2,1-11H3. The first kappa shape index (κ1) is 28.5. The lowest BCUT2D eigenvalue weighted by atomic mass is 9.84. The van der Waals surface area contributed by atoms with Crippen LogP contribution in [0, 0.1) is 5.41 Å². The lowest BCUT2D eigenvalue weighted by Gasteiger charge is -2.34. The smallest absolute Gasteiger partial charge is 0.467 e. The third-order valence-electron chi connectivity index (χ3n) is 4.41. The molecule has 9 heteroatoms. The SMILES string of the molecule is C[SiH](C)OC(c1cc(C2CO2)ccc1OCOP(=O)(OC(C)(C)C)OC(C)(C)C)C(C)(C)C. The minimum absolute atomic E-state index is 0.117. The van der Waals surface area contributed by atoms with Gasteiger partial charge < -0.3 is 13.9 Å². The average Bonchev–Trinajstić information content (AvgIpc) is 3.40. The van der Waals surface area contributed by atoms with Gasteiger partial charge in [0.05, 0.1) is 23.9 Å². The molecule has 190 valence electrons. The lowest BCUT2D eigenvalue weighted by molar-refractivity contribution is -0.0197. The molecule has 2 unspecified atom stereocenters. The van der Waals surface area contributed by atoms with E-state index in [2.05, 4.69) is 39.9 Å². The number of hydrogen-bond acceptors (Lipinski definition) is 7. The highest BCUT2D eigenvalue weighted by Crippen LogP contribution is 2.55. The van der Waals surface area contributed by atoms with Gasteiger partial charge in [-0.15, -0.1) is 0 Å². The molecule has 7 nitrogen and oxygen atoms in total. The van der Waals surface area contributed by atoms with Gasteiger partial charge in [-0.3, -0.25) is 9.05 Å². The van der Waals surface area contributed by atoms with Gasteiger partial charge in [-0.25, -0.2) is 9.09 Å². The van der Waals surface area contributed by atoms with Crippen molar-refractivity contribution in [1.82, 2.24) is 0 Å². The summed E-state index contributed by atoms with van der Waals surface area (Å²) in [7, 11) is -5.23. The predicted molar refractivity (Wildman–Crippen MR) is 133 cm³/mol. The Bertz CT molecular complexity index is 813. The molecule has 1 heterocycles. The maximum atomic E-state index is 13.3. The molecule has 1 aliphatic rings. The Balaban J connectivity index is 2.29. The molecule has 2 atom stereocenters. The molecule has 33 heavy (non-hydrogen) atoms. The van der Waals surface area contributed by atoms with Crippen LogP contribution in [0.1, 0.15) is 85.6 Å². The molecule has 0 bridgehead atoms. The topological polar surface area (TPSA) is 75.8 Å². The van der Waals surface area contributed by atoms with Crippen molar-refractivity contribution in [3.63, 3.8) is 0 Å². The summed E-state index contributed by atoms with van der Waals surface area (Å²) in [6.07, 6.45) is -0.0483. The minimum atomic E-state index is -3.88. The molecule has 0 spiro atoms. The fourth-order valence-electron chi connectivity index (χ4n) is 3.26. The van der Waals surface area contributed by atoms with E-state index >= 15 is 0 Å². The maximum Gasteiger partial charge on any atom is 0.478 e. The molecule has 0 aliphatic carbocycles. The lowest BCUT2D eigenvalue weighted by Crippen LogP contribution is -2.27. The molecule has 1 fully saturated rings. The van der Waals surface area contributed by atoms with E-state index in [-0.39, 0.29) is 24.4 Å². The number of phosphoric acid groups is 1. The Morgan fingerprint density at radius 1 is 1.03 bits per heavy atom. The fourth-order valence-corrected chi connectivity index (χ4v) is 6.02. The van der Waals surface area contributed by atoms with Crippen LogP contribution >= 0.6 is 7.82 Å². The first-order chi connectivity index (χ1) is 14.9. The van der Waals surface area contributed by atoms with Crippen molar-refractivity contribution in [2.45, 2.75) is 98.8 Å². The molecule has 0 amide bonds. The normalized spacial score (nSPS) is 18.5. The first-order valence-corrected chi connectivity index (χ1v) is 15.8. The van der Waals surface area contributed by atoms with Crippen molar-refractivity contribution < 1.29 is 32.0 Å². The van der Waals surface area contributed by atoms with E-state index < -0.39 is 28.1 Å². The second-order valence-electron chi connectivity index (χ2n) is 11.8. The highest BCUT2D eigenvalue weighted by molar-refractivity contribution is 7.48. The van der Waals surface area contributed by atoms with E-state index in [1.54, 1.807) is 41.5 Å². The van der Waals surface area contributed by atoms with Gasteiger partial charge in [0.1, 0.15) is 11.9 Å². The first-order valence-electron chi connectivity index (χ1n) is 11.6. The van der Waals surface area contributed by atoms with Gasteiger partial charge in [0.25, 0.3) is 0 Å². The molecule has 2 rings (SSSR count). The molecule has 0 aromatic heterocycles. The monoisotopic (exact) mass is 502 g/mol. The predicted octanol–water partition coefficient (Wildman–Crippen LogP) is 6.94. The van der Waals surface area contributed by atoms with Gasteiger partial charge in [0.2, 0.25) is 0 Å². The number of epoxide rings is 1. The zero-order chi connectivity index (χ0) is 25.2. The van der Waals surface area contributed by atoms with Crippen LogP contribution in [0.2, 0.25) is 13.1 Å². The van der Waals surface area contributed by atoms with Gasteiger partial charge >= 0.3 is 7.82 Å². The minimum Gasteiger partial charge on any atom is -0.467 e. The number of rotatable bonds is 10. The zero-order valence-electron chi connectivity index (χ0n) is 22.2. The number of hydrogen-bond donors (Lipinski definition) is 0. The van der Waals surface area contributed by atoms with Crippen LogP contribution in [0.25, 0.3) is 0 Å². The molecule has 1 aromatic carbocycles. The van der Waals surface area contributed by atoms with Crippen LogP contribution in [-0.2, 0) is 27.3 Å². The van der Waals surface area contributed by atoms with Crippen LogP contribution < -0.4 is 4.74 Å². The van der Waals surface area contributed by atoms with E-state index in [9.17, 15) is 4.57 Å². The summed E-state index contributed by atoms with van der Waals surface area (Å²) in [5, 5.41) is 0. The summed E-state index contributed by atoms with van der Waals surface area (Å²) in [4.78, 5) is 0. The van der Waals surface area contributed by atoms with Crippen LogP contribution in [-0.4, -0.2) is 33.6 Å². The second kappa shape index (κ2) is 10.5. The van der Waals surface area contributed by atoms with E-state index in [0.29, 0.717) is 5.75 Å². The van der Waals surface area contributed by atoms with E-state index in [1.165, 1.54) is 0 Å². The molecule has 1 saturated heterocycles. The van der Waals surface area contributed by atoms with E-state index in [0.717, 1.165) is 17.7 Å². The Hall–Kier alpha value is -0.733. The molecule has 0 radical (unpaired) electrons. The van der Waals surface area contributed by atoms with Gasteiger partial charge in [-0.1, -0.05) is 26.8 Å². The van der Waals surface area contributed by atoms with Crippen LogP contribution in [0.4, 0.5) is 0 Å². The highest BCUT2D eigenvalue weighted by atomic mass is 31.2. The summed E-state index contributed by atoms with van der Waals surface area (Å²) in [5.74, 6) is 0.618. The third kappa shape index (κ3) is 9.80. The van der Waals surface area contributed by atoms with E-state index in [4.69, 9.17) is 27.5 Å². The maximum absolute atomic E-state index is 13.3.